The molecule has 4 heteroatoms. The number of aromatic nitrogens is 2. The Balaban J connectivity index is 2.03. The maximum absolute atomic E-state index is 5.05. The van der Waals surface area contributed by atoms with E-state index in [0.29, 0.717) is 6.61 Å². The van der Waals surface area contributed by atoms with E-state index in [4.69, 9.17) is 4.74 Å². The van der Waals surface area contributed by atoms with Crippen LogP contribution in [0.15, 0.2) is 30.6 Å². The Kier molecular flexibility index (Phi) is 4.79. The molecule has 0 aliphatic carbocycles. The summed E-state index contributed by atoms with van der Waals surface area (Å²) >= 11 is 0. The Morgan fingerprint density at radius 1 is 1.35 bits per heavy atom. The maximum atomic E-state index is 5.05. The van der Waals surface area contributed by atoms with E-state index in [1.807, 2.05) is 17.1 Å². The Morgan fingerprint density at radius 2 is 2.15 bits per heavy atom. The van der Waals surface area contributed by atoms with E-state index in [1.54, 1.807) is 7.11 Å². The van der Waals surface area contributed by atoms with E-state index >= 15 is 0 Å². The van der Waals surface area contributed by atoms with Crippen LogP contribution >= 0.6 is 0 Å². The number of methoxy groups -OCH3 is 1. The molecule has 1 atom stereocenters. The zero-order valence-corrected chi connectivity index (χ0v) is 12.7. The molecule has 0 aliphatic rings. The zero-order valence-electron chi connectivity index (χ0n) is 12.7. The summed E-state index contributed by atoms with van der Waals surface area (Å²) in [6.07, 6.45) is 3.87. The van der Waals surface area contributed by atoms with E-state index in [-0.39, 0.29) is 6.04 Å². The first-order chi connectivity index (χ1) is 9.60. The fourth-order valence-electron chi connectivity index (χ4n) is 2.38. The molecule has 108 valence electrons. The van der Waals surface area contributed by atoms with Gasteiger partial charge in [-0.2, -0.15) is 5.10 Å². The lowest BCUT2D eigenvalue weighted by Crippen LogP contribution is -2.08. The lowest BCUT2D eigenvalue weighted by Gasteiger charge is -2.17. The standard InChI is InChI=1S/C16H23N3O/c1-12-5-6-16(13(2)9-12)14(3)18-15-10-17-19(11-15)7-8-20-4/h5-6,9-11,14,18H,7-8H2,1-4H3. The molecule has 1 heterocycles. The first-order valence-electron chi connectivity index (χ1n) is 6.95. The van der Waals surface area contributed by atoms with Gasteiger partial charge in [0.1, 0.15) is 0 Å². The van der Waals surface area contributed by atoms with Crippen LogP contribution in [0.2, 0.25) is 0 Å². The second-order valence-corrected chi connectivity index (χ2v) is 5.21. The molecule has 0 aliphatic heterocycles. The van der Waals surface area contributed by atoms with Crippen LogP contribution in [-0.2, 0) is 11.3 Å². The van der Waals surface area contributed by atoms with Gasteiger partial charge in [-0.1, -0.05) is 23.8 Å². The lowest BCUT2D eigenvalue weighted by atomic mass is 10.0. The van der Waals surface area contributed by atoms with Crippen molar-refractivity contribution in [1.82, 2.24) is 9.78 Å². The number of ether oxygens (including phenoxy) is 1. The number of hydrogen-bond donors (Lipinski definition) is 1. The first kappa shape index (κ1) is 14.6. The highest BCUT2D eigenvalue weighted by Gasteiger charge is 2.09. The maximum Gasteiger partial charge on any atom is 0.0731 e. The Morgan fingerprint density at radius 3 is 2.85 bits per heavy atom. The lowest BCUT2D eigenvalue weighted by molar-refractivity contribution is 0.183. The van der Waals surface area contributed by atoms with Crippen LogP contribution in [0, 0.1) is 13.8 Å². The number of nitrogens with one attached hydrogen (secondary N) is 1. The highest BCUT2D eigenvalue weighted by atomic mass is 16.5. The van der Waals surface area contributed by atoms with Crippen LogP contribution in [0.5, 0.6) is 0 Å². The first-order valence-corrected chi connectivity index (χ1v) is 6.95. The summed E-state index contributed by atoms with van der Waals surface area (Å²) in [5.74, 6) is 0. The van der Waals surface area contributed by atoms with Crippen LogP contribution in [0.1, 0.15) is 29.7 Å². The van der Waals surface area contributed by atoms with Crippen LogP contribution in [0.25, 0.3) is 0 Å². The van der Waals surface area contributed by atoms with Gasteiger partial charge in [-0.15, -0.1) is 0 Å². The van der Waals surface area contributed by atoms with E-state index in [1.165, 1.54) is 16.7 Å². The molecule has 0 saturated carbocycles. The smallest absolute Gasteiger partial charge is 0.0731 e. The van der Waals surface area contributed by atoms with E-state index in [2.05, 4.69) is 49.4 Å². The predicted molar refractivity (Wildman–Crippen MR) is 82.1 cm³/mol. The van der Waals surface area contributed by atoms with Gasteiger partial charge in [-0.25, -0.2) is 0 Å². The summed E-state index contributed by atoms with van der Waals surface area (Å²) in [6, 6.07) is 6.83. The molecule has 0 spiro atoms. The third kappa shape index (κ3) is 3.61. The molecule has 1 aromatic heterocycles. The fourth-order valence-corrected chi connectivity index (χ4v) is 2.38. The van der Waals surface area contributed by atoms with E-state index < -0.39 is 0 Å². The topological polar surface area (TPSA) is 39.1 Å². The van der Waals surface area contributed by atoms with Crippen molar-refractivity contribution in [1.29, 1.82) is 0 Å². The van der Waals surface area contributed by atoms with Gasteiger partial charge in [0.2, 0.25) is 0 Å². The van der Waals surface area contributed by atoms with Gasteiger partial charge >= 0.3 is 0 Å². The SMILES string of the molecule is COCCn1cc(NC(C)c2ccc(C)cc2C)cn1. The second-order valence-electron chi connectivity index (χ2n) is 5.21. The molecule has 4 nitrogen and oxygen atoms in total. The molecule has 0 amide bonds. The summed E-state index contributed by atoms with van der Waals surface area (Å²) in [7, 11) is 1.70. The van der Waals surface area contributed by atoms with Gasteiger partial charge in [0.05, 0.1) is 25.0 Å². The van der Waals surface area contributed by atoms with Crippen molar-refractivity contribution < 1.29 is 4.74 Å². The summed E-state index contributed by atoms with van der Waals surface area (Å²) in [6.45, 7) is 7.89. The quantitative estimate of drug-likeness (QED) is 0.877. The molecule has 0 bridgehead atoms. The predicted octanol–water partition coefficient (Wildman–Crippen LogP) is 3.32. The molecule has 1 N–H and O–H groups in total. The summed E-state index contributed by atoms with van der Waals surface area (Å²) in [5, 5.41) is 7.80. The molecule has 0 saturated heterocycles. The largest absolute Gasteiger partial charge is 0.383 e. The Hall–Kier alpha value is -1.81. The third-order valence-corrected chi connectivity index (χ3v) is 3.43. The van der Waals surface area contributed by atoms with Crippen molar-refractivity contribution >= 4 is 5.69 Å². The molecular weight excluding hydrogens is 250 g/mol. The number of aryl methyl sites for hydroxylation is 2. The van der Waals surface area contributed by atoms with Crippen molar-refractivity contribution in [3.63, 3.8) is 0 Å². The summed E-state index contributed by atoms with van der Waals surface area (Å²) < 4.78 is 6.94. The highest BCUT2D eigenvalue weighted by Crippen LogP contribution is 2.22. The zero-order chi connectivity index (χ0) is 14.5. The number of rotatable bonds is 6. The minimum absolute atomic E-state index is 0.260. The van der Waals surface area contributed by atoms with Crippen molar-refractivity contribution in [2.75, 3.05) is 19.0 Å². The molecule has 2 rings (SSSR count). The minimum atomic E-state index is 0.260. The summed E-state index contributed by atoms with van der Waals surface area (Å²) in [5.41, 5.74) is 4.97. The normalized spacial score (nSPS) is 12.4. The third-order valence-electron chi connectivity index (χ3n) is 3.43. The summed E-state index contributed by atoms with van der Waals surface area (Å²) in [4.78, 5) is 0. The van der Waals surface area contributed by atoms with Crippen LogP contribution in [-0.4, -0.2) is 23.5 Å². The number of hydrogen-bond acceptors (Lipinski definition) is 3. The molecule has 2 aromatic rings. The molecule has 1 aromatic carbocycles. The van der Waals surface area contributed by atoms with Crippen LogP contribution < -0.4 is 5.32 Å². The van der Waals surface area contributed by atoms with Crippen LogP contribution in [0.4, 0.5) is 5.69 Å². The van der Waals surface area contributed by atoms with Gasteiger partial charge in [0.25, 0.3) is 0 Å². The minimum Gasteiger partial charge on any atom is -0.383 e. The number of nitrogens with zero attached hydrogens (tertiary/aromatic N) is 2. The molecule has 0 fully saturated rings. The van der Waals surface area contributed by atoms with Crippen molar-refractivity contribution in [3.05, 3.63) is 47.3 Å². The van der Waals surface area contributed by atoms with Crippen LogP contribution in [0.3, 0.4) is 0 Å². The van der Waals surface area contributed by atoms with Crippen molar-refractivity contribution in [2.24, 2.45) is 0 Å². The van der Waals surface area contributed by atoms with Gasteiger partial charge in [-0.3, -0.25) is 4.68 Å². The van der Waals surface area contributed by atoms with Gasteiger partial charge < -0.3 is 10.1 Å². The van der Waals surface area contributed by atoms with E-state index in [0.717, 1.165) is 12.2 Å². The number of anilines is 1. The molecule has 20 heavy (non-hydrogen) atoms. The Labute approximate surface area is 120 Å². The molecular formula is C16H23N3O. The average molecular weight is 273 g/mol. The molecule has 0 radical (unpaired) electrons. The second kappa shape index (κ2) is 6.57. The molecule has 1 unspecified atom stereocenters. The fraction of sp³-hybridized carbons (Fsp3) is 0.438. The van der Waals surface area contributed by atoms with Gasteiger partial charge in [-0.05, 0) is 31.9 Å². The van der Waals surface area contributed by atoms with Crippen molar-refractivity contribution in [2.45, 2.75) is 33.4 Å². The Bertz CT molecular complexity index is 563. The van der Waals surface area contributed by atoms with Crippen molar-refractivity contribution in [3.8, 4) is 0 Å². The average Bonchev–Trinajstić information content (AvgIpc) is 2.83. The van der Waals surface area contributed by atoms with Gasteiger partial charge in [0, 0.05) is 19.3 Å². The van der Waals surface area contributed by atoms with E-state index in [9.17, 15) is 0 Å². The highest BCUT2D eigenvalue weighted by molar-refractivity contribution is 5.43. The monoisotopic (exact) mass is 273 g/mol. The number of benzene rings is 1. The van der Waals surface area contributed by atoms with Gasteiger partial charge in [0.15, 0.2) is 0 Å².